The molecule has 3 unspecified atom stereocenters. The van der Waals surface area contributed by atoms with Crippen LogP contribution in [0.2, 0.25) is 0 Å². The molecule has 1 aliphatic heterocycles. The van der Waals surface area contributed by atoms with Gasteiger partial charge in [0.2, 0.25) is 11.8 Å². The van der Waals surface area contributed by atoms with Crippen molar-refractivity contribution in [2.45, 2.75) is 46.1 Å². The average molecular weight is 393 g/mol. The molecule has 1 N–H and O–H groups in total. The Balaban J connectivity index is 1.65. The third-order valence-corrected chi connectivity index (χ3v) is 7.46. The Bertz CT molecular complexity index is 850. The highest BCUT2D eigenvalue weighted by Gasteiger charge is 2.51. The van der Waals surface area contributed by atoms with Gasteiger partial charge in [-0.1, -0.05) is 25.1 Å². The molecule has 7 heteroatoms. The third kappa shape index (κ3) is 4.18. The molecule has 27 heavy (non-hydrogen) atoms. The largest absolute Gasteiger partial charge is 0.339 e. The van der Waals surface area contributed by atoms with Crippen LogP contribution in [-0.4, -0.2) is 49.2 Å². The molecule has 2 fully saturated rings. The van der Waals surface area contributed by atoms with Crippen LogP contribution in [0.3, 0.4) is 0 Å². The normalized spacial score (nSPS) is 25.8. The summed E-state index contributed by atoms with van der Waals surface area (Å²) in [5.74, 6) is -0.675. The lowest BCUT2D eigenvalue weighted by molar-refractivity contribution is -0.135. The maximum absolute atomic E-state index is 12.8. The number of rotatable bonds is 6. The molecule has 1 aliphatic carbocycles. The topological polar surface area (TPSA) is 83.6 Å². The molecule has 6 nitrogen and oxygen atoms in total. The minimum absolute atomic E-state index is 0.0409. The molecular formula is C20H28N2O4S. The van der Waals surface area contributed by atoms with Crippen LogP contribution in [0.4, 0.5) is 5.69 Å². The molecule has 148 valence electrons. The van der Waals surface area contributed by atoms with Gasteiger partial charge in [-0.05, 0) is 44.2 Å². The molecule has 1 heterocycles. The van der Waals surface area contributed by atoms with Crippen LogP contribution >= 0.6 is 0 Å². The highest BCUT2D eigenvalue weighted by Crippen LogP contribution is 2.42. The van der Waals surface area contributed by atoms with Gasteiger partial charge in [-0.25, -0.2) is 8.42 Å². The highest BCUT2D eigenvalue weighted by atomic mass is 32.2. The van der Waals surface area contributed by atoms with Gasteiger partial charge in [0.15, 0.2) is 9.84 Å². The summed E-state index contributed by atoms with van der Waals surface area (Å²) >= 11 is 0. The summed E-state index contributed by atoms with van der Waals surface area (Å²) in [6, 6.07) is 5.68. The number of anilines is 1. The molecule has 1 aromatic carbocycles. The van der Waals surface area contributed by atoms with Gasteiger partial charge < -0.3 is 10.2 Å². The first kappa shape index (κ1) is 19.9. The Kier molecular flexibility index (Phi) is 5.60. The van der Waals surface area contributed by atoms with Crippen molar-refractivity contribution in [1.82, 2.24) is 4.90 Å². The second kappa shape index (κ2) is 7.62. The van der Waals surface area contributed by atoms with Crippen molar-refractivity contribution in [1.29, 1.82) is 0 Å². The quantitative estimate of drug-likeness (QED) is 0.804. The van der Waals surface area contributed by atoms with E-state index in [4.69, 9.17) is 0 Å². The lowest BCUT2D eigenvalue weighted by Crippen LogP contribution is -2.42. The van der Waals surface area contributed by atoms with E-state index in [0.29, 0.717) is 19.4 Å². The fourth-order valence-corrected chi connectivity index (χ4v) is 5.73. The number of hydrogen-bond donors (Lipinski definition) is 1. The van der Waals surface area contributed by atoms with Crippen molar-refractivity contribution in [2.75, 3.05) is 23.4 Å². The summed E-state index contributed by atoms with van der Waals surface area (Å²) in [7, 11) is -3.05. The van der Waals surface area contributed by atoms with E-state index >= 15 is 0 Å². The fourth-order valence-electron chi connectivity index (χ4n) is 4.00. The van der Waals surface area contributed by atoms with Crippen molar-refractivity contribution in [2.24, 2.45) is 11.8 Å². The molecule has 1 saturated heterocycles. The second-order valence-corrected chi connectivity index (χ2v) is 9.81. The van der Waals surface area contributed by atoms with Crippen LogP contribution < -0.4 is 5.32 Å². The molecule has 2 amide bonds. The monoisotopic (exact) mass is 392 g/mol. The fraction of sp³-hybridized carbons (Fsp3) is 0.600. The number of hydrogen-bond acceptors (Lipinski definition) is 4. The zero-order valence-electron chi connectivity index (χ0n) is 16.2. The SMILES string of the molecule is CCc1cccc(C)c1NC(=O)C1CC1C(=O)N(CC)C1CCS(=O)(=O)C1. The van der Waals surface area contributed by atoms with E-state index in [9.17, 15) is 18.0 Å². The maximum atomic E-state index is 12.8. The number of carbonyl (C=O) groups excluding carboxylic acids is 2. The van der Waals surface area contributed by atoms with Crippen molar-refractivity contribution in [3.8, 4) is 0 Å². The lowest BCUT2D eigenvalue weighted by Gasteiger charge is -2.27. The van der Waals surface area contributed by atoms with Crippen molar-refractivity contribution in [3.05, 3.63) is 29.3 Å². The summed E-state index contributed by atoms with van der Waals surface area (Å²) in [5.41, 5.74) is 2.94. The zero-order chi connectivity index (χ0) is 19.8. The Morgan fingerprint density at radius 2 is 1.96 bits per heavy atom. The summed E-state index contributed by atoms with van der Waals surface area (Å²) in [4.78, 5) is 27.2. The van der Waals surface area contributed by atoms with Crippen molar-refractivity contribution < 1.29 is 18.0 Å². The van der Waals surface area contributed by atoms with E-state index in [0.717, 1.165) is 23.2 Å². The van der Waals surface area contributed by atoms with Crippen LogP contribution in [0.5, 0.6) is 0 Å². The number of nitrogens with zero attached hydrogens (tertiary/aromatic N) is 1. The van der Waals surface area contributed by atoms with Gasteiger partial charge in [-0.2, -0.15) is 0 Å². The molecule has 0 aromatic heterocycles. The maximum Gasteiger partial charge on any atom is 0.228 e. The number of para-hydroxylation sites is 1. The van der Waals surface area contributed by atoms with E-state index in [2.05, 4.69) is 5.32 Å². The number of sulfone groups is 1. The molecule has 0 radical (unpaired) electrons. The summed E-state index contributed by atoms with van der Waals surface area (Å²) in [6.07, 6.45) is 1.85. The Labute approximate surface area is 161 Å². The molecular weight excluding hydrogens is 364 g/mol. The van der Waals surface area contributed by atoms with Gasteiger partial charge in [-0.3, -0.25) is 9.59 Å². The van der Waals surface area contributed by atoms with Crippen LogP contribution in [0.1, 0.15) is 37.8 Å². The van der Waals surface area contributed by atoms with Gasteiger partial charge in [0, 0.05) is 18.3 Å². The highest BCUT2D eigenvalue weighted by molar-refractivity contribution is 7.91. The first-order valence-electron chi connectivity index (χ1n) is 9.67. The van der Waals surface area contributed by atoms with Crippen LogP contribution in [-0.2, 0) is 25.8 Å². The predicted molar refractivity (Wildman–Crippen MR) is 105 cm³/mol. The first-order valence-corrected chi connectivity index (χ1v) is 11.5. The number of benzene rings is 1. The van der Waals surface area contributed by atoms with E-state index in [1.54, 1.807) is 4.90 Å². The lowest BCUT2D eigenvalue weighted by atomic mass is 10.1. The number of aryl methyl sites for hydroxylation is 2. The van der Waals surface area contributed by atoms with E-state index in [1.807, 2.05) is 39.0 Å². The Hall–Kier alpha value is -1.89. The van der Waals surface area contributed by atoms with Crippen molar-refractivity contribution in [3.63, 3.8) is 0 Å². The number of amides is 2. The molecule has 3 atom stereocenters. The minimum Gasteiger partial charge on any atom is -0.339 e. The Morgan fingerprint density at radius 1 is 1.22 bits per heavy atom. The average Bonchev–Trinajstić information content (AvgIpc) is 3.35. The van der Waals surface area contributed by atoms with Crippen LogP contribution in [0.25, 0.3) is 0 Å². The van der Waals surface area contributed by atoms with E-state index in [-0.39, 0.29) is 41.2 Å². The molecule has 1 saturated carbocycles. The molecule has 0 bridgehead atoms. The van der Waals surface area contributed by atoms with Gasteiger partial charge in [-0.15, -0.1) is 0 Å². The van der Waals surface area contributed by atoms with Gasteiger partial charge in [0.05, 0.1) is 23.3 Å². The minimum atomic E-state index is -3.05. The zero-order valence-corrected chi connectivity index (χ0v) is 17.0. The Morgan fingerprint density at radius 3 is 2.56 bits per heavy atom. The smallest absolute Gasteiger partial charge is 0.228 e. The number of nitrogens with one attached hydrogen (secondary N) is 1. The van der Waals surface area contributed by atoms with Crippen molar-refractivity contribution >= 4 is 27.3 Å². The van der Waals surface area contributed by atoms with E-state index in [1.165, 1.54) is 0 Å². The molecule has 0 spiro atoms. The number of carbonyl (C=O) groups is 2. The second-order valence-electron chi connectivity index (χ2n) is 7.58. The molecule has 1 aromatic rings. The summed E-state index contributed by atoms with van der Waals surface area (Å²) in [6.45, 7) is 6.34. The predicted octanol–water partition coefficient (Wildman–Crippen LogP) is 2.17. The third-order valence-electron chi connectivity index (χ3n) is 5.71. The van der Waals surface area contributed by atoms with Gasteiger partial charge >= 0.3 is 0 Å². The molecule has 2 aliphatic rings. The van der Waals surface area contributed by atoms with Crippen LogP contribution in [0.15, 0.2) is 18.2 Å². The summed E-state index contributed by atoms with van der Waals surface area (Å²) < 4.78 is 23.5. The first-order chi connectivity index (χ1) is 12.8. The molecule has 3 rings (SSSR count). The van der Waals surface area contributed by atoms with Gasteiger partial charge in [0.1, 0.15) is 0 Å². The van der Waals surface area contributed by atoms with Crippen LogP contribution in [0, 0.1) is 18.8 Å². The standard InChI is InChI=1S/C20H28N2O4S/c1-4-14-8-6-7-13(3)18(14)21-19(23)16-11-17(16)20(24)22(5-2)15-9-10-27(25,26)12-15/h6-8,15-17H,4-5,9-12H2,1-3H3,(H,21,23). The van der Waals surface area contributed by atoms with Gasteiger partial charge in [0.25, 0.3) is 0 Å². The van der Waals surface area contributed by atoms with E-state index < -0.39 is 9.84 Å². The summed E-state index contributed by atoms with van der Waals surface area (Å²) in [5, 5.41) is 3.01.